The maximum absolute atomic E-state index is 13.3. The first-order chi connectivity index (χ1) is 9.56. The Balaban J connectivity index is 2.29. The molecule has 0 aliphatic rings. The minimum atomic E-state index is -0.625. The van der Waals surface area contributed by atoms with Crippen molar-refractivity contribution >= 4 is 5.91 Å². The van der Waals surface area contributed by atoms with Crippen LogP contribution in [0, 0.1) is 11.6 Å². The van der Waals surface area contributed by atoms with Crippen molar-refractivity contribution in [3.63, 3.8) is 0 Å². The summed E-state index contributed by atoms with van der Waals surface area (Å²) in [7, 11) is 0. The second-order valence-electron chi connectivity index (χ2n) is 4.39. The molecule has 0 bridgehead atoms. The average Bonchev–Trinajstić information content (AvgIpc) is 2.37. The van der Waals surface area contributed by atoms with E-state index in [1.165, 1.54) is 12.1 Å². The topological polar surface area (TPSA) is 55.1 Å². The van der Waals surface area contributed by atoms with Gasteiger partial charge < -0.3 is 11.1 Å². The molecule has 3 N–H and O–H groups in total. The Labute approximate surface area is 115 Å². The molecule has 2 aromatic carbocycles. The molecule has 2 rings (SSSR count). The Morgan fingerprint density at radius 3 is 2.40 bits per heavy atom. The molecule has 0 atom stereocenters. The number of hydrogen-bond acceptors (Lipinski definition) is 2. The fourth-order valence-corrected chi connectivity index (χ4v) is 1.99. The monoisotopic (exact) mass is 276 g/mol. The molecule has 0 unspecified atom stereocenters. The van der Waals surface area contributed by atoms with Crippen molar-refractivity contribution in [1.29, 1.82) is 0 Å². The van der Waals surface area contributed by atoms with Gasteiger partial charge in [-0.2, -0.15) is 0 Å². The van der Waals surface area contributed by atoms with E-state index in [1.807, 2.05) is 12.1 Å². The van der Waals surface area contributed by atoms with Crippen LogP contribution >= 0.6 is 0 Å². The van der Waals surface area contributed by atoms with E-state index in [-0.39, 0.29) is 6.54 Å². The molecular formula is C15H14F2N2O. The molecule has 0 heterocycles. The Bertz CT molecular complexity index is 609. The van der Waals surface area contributed by atoms with E-state index in [1.54, 1.807) is 12.1 Å². The van der Waals surface area contributed by atoms with Gasteiger partial charge in [0, 0.05) is 12.6 Å². The third-order valence-electron chi connectivity index (χ3n) is 2.81. The summed E-state index contributed by atoms with van der Waals surface area (Å²) in [5, 5.41) is 2.88. The van der Waals surface area contributed by atoms with Crippen LogP contribution in [0.2, 0.25) is 0 Å². The molecule has 1 amide bonds. The lowest BCUT2D eigenvalue weighted by atomic mass is 9.99. The van der Waals surface area contributed by atoms with Crippen LogP contribution in [0.1, 0.15) is 5.56 Å². The Hall–Kier alpha value is -2.27. The molecule has 0 saturated heterocycles. The molecule has 0 aromatic heterocycles. The van der Waals surface area contributed by atoms with Gasteiger partial charge in [0.1, 0.15) is 11.6 Å². The standard InChI is InChI=1S/C15H14F2N2O/c16-12-5-11(6-13(17)7-12)14-4-2-1-3-10(14)8-19-9-15(18)20/h1-7,19H,8-9H2,(H2,18,20). The van der Waals surface area contributed by atoms with Crippen molar-refractivity contribution in [2.45, 2.75) is 6.54 Å². The summed E-state index contributed by atoms with van der Waals surface area (Å²) in [6.07, 6.45) is 0. The third kappa shape index (κ3) is 3.61. The number of primary amides is 1. The second kappa shape index (κ2) is 6.25. The maximum atomic E-state index is 13.3. The zero-order valence-corrected chi connectivity index (χ0v) is 10.7. The van der Waals surface area contributed by atoms with Crippen LogP contribution in [0.15, 0.2) is 42.5 Å². The van der Waals surface area contributed by atoms with E-state index >= 15 is 0 Å². The van der Waals surface area contributed by atoms with Gasteiger partial charge in [-0.3, -0.25) is 4.79 Å². The molecule has 0 fully saturated rings. The quantitative estimate of drug-likeness (QED) is 0.879. The number of carbonyl (C=O) groups is 1. The van der Waals surface area contributed by atoms with E-state index < -0.39 is 17.5 Å². The first kappa shape index (κ1) is 14.1. The van der Waals surface area contributed by atoms with Gasteiger partial charge in [0.15, 0.2) is 0 Å². The fraction of sp³-hybridized carbons (Fsp3) is 0.133. The number of hydrogen-bond donors (Lipinski definition) is 2. The van der Waals surface area contributed by atoms with Crippen LogP contribution in [0.25, 0.3) is 11.1 Å². The van der Waals surface area contributed by atoms with Gasteiger partial charge in [-0.25, -0.2) is 8.78 Å². The molecule has 0 spiro atoms. The molecule has 0 aliphatic carbocycles. The van der Waals surface area contributed by atoms with Crippen LogP contribution in [0.3, 0.4) is 0 Å². The Kier molecular flexibility index (Phi) is 4.42. The van der Waals surface area contributed by atoms with Crippen LogP contribution in [0.4, 0.5) is 8.78 Å². The summed E-state index contributed by atoms with van der Waals surface area (Å²) in [6, 6.07) is 10.6. The van der Waals surface area contributed by atoms with Crippen molar-refractivity contribution in [2.24, 2.45) is 5.73 Å². The van der Waals surface area contributed by atoms with Gasteiger partial charge in [0.05, 0.1) is 6.54 Å². The van der Waals surface area contributed by atoms with Crippen molar-refractivity contribution < 1.29 is 13.6 Å². The van der Waals surface area contributed by atoms with Crippen LogP contribution in [-0.4, -0.2) is 12.5 Å². The molecule has 104 valence electrons. The lowest BCUT2D eigenvalue weighted by molar-refractivity contribution is -0.117. The summed E-state index contributed by atoms with van der Waals surface area (Å²) < 4.78 is 26.6. The van der Waals surface area contributed by atoms with Crippen LogP contribution in [0.5, 0.6) is 0 Å². The third-order valence-corrected chi connectivity index (χ3v) is 2.81. The Morgan fingerprint density at radius 1 is 1.10 bits per heavy atom. The number of carbonyl (C=O) groups excluding carboxylic acids is 1. The number of rotatable bonds is 5. The highest BCUT2D eigenvalue weighted by Gasteiger charge is 2.08. The maximum Gasteiger partial charge on any atom is 0.231 e. The molecule has 0 radical (unpaired) electrons. The fourth-order valence-electron chi connectivity index (χ4n) is 1.99. The van der Waals surface area contributed by atoms with Gasteiger partial charge in [0.2, 0.25) is 5.91 Å². The summed E-state index contributed by atoms with van der Waals surface area (Å²) in [5.74, 6) is -1.71. The highest BCUT2D eigenvalue weighted by molar-refractivity contribution is 5.76. The lowest BCUT2D eigenvalue weighted by Crippen LogP contribution is -2.28. The summed E-state index contributed by atoms with van der Waals surface area (Å²) in [5.41, 5.74) is 7.05. The predicted molar refractivity (Wildman–Crippen MR) is 72.7 cm³/mol. The van der Waals surface area contributed by atoms with Crippen molar-refractivity contribution in [1.82, 2.24) is 5.32 Å². The minimum absolute atomic E-state index is 0.0475. The number of nitrogens with two attached hydrogens (primary N) is 1. The molecule has 2 aromatic rings. The predicted octanol–water partition coefficient (Wildman–Crippen LogP) is 2.21. The average molecular weight is 276 g/mol. The summed E-state index contributed by atoms with van der Waals surface area (Å²) in [6.45, 7) is 0.434. The van der Waals surface area contributed by atoms with E-state index in [4.69, 9.17) is 5.73 Å². The molecular weight excluding hydrogens is 262 g/mol. The highest BCUT2D eigenvalue weighted by atomic mass is 19.1. The molecule has 5 heteroatoms. The summed E-state index contributed by atoms with van der Waals surface area (Å²) >= 11 is 0. The van der Waals surface area contributed by atoms with E-state index in [0.29, 0.717) is 17.7 Å². The van der Waals surface area contributed by atoms with E-state index in [2.05, 4.69) is 5.32 Å². The SMILES string of the molecule is NC(=O)CNCc1ccccc1-c1cc(F)cc(F)c1. The molecule has 3 nitrogen and oxygen atoms in total. The highest BCUT2D eigenvalue weighted by Crippen LogP contribution is 2.25. The minimum Gasteiger partial charge on any atom is -0.369 e. The number of nitrogens with one attached hydrogen (secondary N) is 1. The lowest BCUT2D eigenvalue weighted by Gasteiger charge is -2.10. The zero-order chi connectivity index (χ0) is 14.5. The van der Waals surface area contributed by atoms with Gasteiger partial charge in [-0.15, -0.1) is 0 Å². The first-order valence-corrected chi connectivity index (χ1v) is 6.09. The van der Waals surface area contributed by atoms with E-state index in [0.717, 1.165) is 11.6 Å². The Morgan fingerprint density at radius 2 is 1.75 bits per heavy atom. The van der Waals surface area contributed by atoms with Crippen molar-refractivity contribution in [3.8, 4) is 11.1 Å². The van der Waals surface area contributed by atoms with Crippen LogP contribution < -0.4 is 11.1 Å². The first-order valence-electron chi connectivity index (χ1n) is 6.09. The van der Waals surface area contributed by atoms with Gasteiger partial charge in [0.25, 0.3) is 0 Å². The van der Waals surface area contributed by atoms with Gasteiger partial charge in [-0.1, -0.05) is 24.3 Å². The van der Waals surface area contributed by atoms with Crippen molar-refractivity contribution in [2.75, 3.05) is 6.54 Å². The largest absolute Gasteiger partial charge is 0.369 e. The molecule has 20 heavy (non-hydrogen) atoms. The second-order valence-corrected chi connectivity index (χ2v) is 4.39. The normalized spacial score (nSPS) is 10.5. The molecule has 0 aliphatic heterocycles. The number of amides is 1. The zero-order valence-electron chi connectivity index (χ0n) is 10.7. The summed E-state index contributed by atoms with van der Waals surface area (Å²) in [4.78, 5) is 10.7. The molecule has 0 saturated carbocycles. The smallest absolute Gasteiger partial charge is 0.231 e. The van der Waals surface area contributed by atoms with E-state index in [9.17, 15) is 13.6 Å². The van der Waals surface area contributed by atoms with Gasteiger partial charge >= 0.3 is 0 Å². The number of benzene rings is 2. The van der Waals surface area contributed by atoms with Crippen molar-refractivity contribution in [3.05, 3.63) is 59.7 Å². The van der Waals surface area contributed by atoms with Gasteiger partial charge in [-0.05, 0) is 28.8 Å². The van der Waals surface area contributed by atoms with Crippen LogP contribution in [-0.2, 0) is 11.3 Å². The number of halogens is 2.